The van der Waals surface area contributed by atoms with Gasteiger partial charge in [0.2, 0.25) is 5.95 Å². The van der Waals surface area contributed by atoms with E-state index in [-0.39, 0.29) is 0 Å². The summed E-state index contributed by atoms with van der Waals surface area (Å²) in [6.07, 6.45) is 7.40. The monoisotopic (exact) mass is 220 g/mol. The minimum atomic E-state index is 0.567. The Labute approximate surface area is 97.1 Å². The minimum absolute atomic E-state index is 0.567. The number of anilines is 1. The van der Waals surface area contributed by atoms with Gasteiger partial charge in [0, 0.05) is 25.5 Å². The molecule has 0 saturated carbocycles. The molecular weight excluding hydrogens is 200 g/mol. The van der Waals surface area contributed by atoms with Crippen molar-refractivity contribution < 1.29 is 0 Å². The third-order valence-electron chi connectivity index (χ3n) is 3.18. The molecular formula is C12H20N4. The highest BCUT2D eigenvalue weighted by Gasteiger charge is 2.18. The molecule has 1 aliphatic heterocycles. The predicted octanol–water partition coefficient (Wildman–Crippen LogP) is 1.36. The molecule has 1 aromatic heterocycles. The van der Waals surface area contributed by atoms with E-state index >= 15 is 0 Å². The molecule has 2 heterocycles. The van der Waals surface area contributed by atoms with Crippen molar-refractivity contribution >= 4 is 5.95 Å². The molecule has 1 atom stereocenters. The van der Waals surface area contributed by atoms with Gasteiger partial charge in [-0.2, -0.15) is 0 Å². The van der Waals surface area contributed by atoms with Crippen molar-refractivity contribution in [2.75, 3.05) is 25.0 Å². The normalized spacial score (nSPS) is 21.5. The van der Waals surface area contributed by atoms with Gasteiger partial charge in [-0.15, -0.1) is 0 Å². The second-order valence-corrected chi connectivity index (χ2v) is 4.51. The van der Waals surface area contributed by atoms with Gasteiger partial charge in [-0.05, 0) is 44.8 Å². The average molecular weight is 220 g/mol. The van der Waals surface area contributed by atoms with Crippen LogP contribution in [0.2, 0.25) is 0 Å². The van der Waals surface area contributed by atoms with E-state index in [1.54, 1.807) is 0 Å². The number of aromatic nitrogens is 2. The third kappa shape index (κ3) is 2.70. The highest BCUT2D eigenvalue weighted by Crippen LogP contribution is 2.16. The molecule has 1 aliphatic rings. The summed E-state index contributed by atoms with van der Waals surface area (Å²) in [5.74, 6) is 0.845. The molecule has 0 amide bonds. The summed E-state index contributed by atoms with van der Waals surface area (Å²) in [5.41, 5.74) is 1.11. The summed E-state index contributed by atoms with van der Waals surface area (Å²) in [5, 5.41) is 3.43. The lowest BCUT2D eigenvalue weighted by molar-refractivity contribution is 0.557. The SMILES string of the molecule is Cc1cnc(N(C)C2CCCNCC2)nc1. The minimum Gasteiger partial charge on any atom is -0.341 e. The first-order valence-electron chi connectivity index (χ1n) is 5.99. The maximum Gasteiger partial charge on any atom is 0.225 e. The molecule has 1 fully saturated rings. The van der Waals surface area contributed by atoms with Crippen LogP contribution in [0.4, 0.5) is 5.95 Å². The second-order valence-electron chi connectivity index (χ2n) is 4.51. The number of aryl methyl sites for hydroxylation is 1. The van der Waals surface area contributed by atoms with Gasteiger partial charge in [-0.25, -0.2) is 9.97 Å². The number of rotatable bonds is 2. The second kappa shape index (κ2) is 5.25. The van der Waals surface area contributed by atoms with Crippen molar-refractivity contribution in [3.8, 4) is 0 Å². The topological polar surface area (TPSA) is 41.1 Å². The highest BCUT2D eigenvalue weighted by atomic mass is 15.2. The maximum absolute atomic E-state index is 4.38. The Morgan fingerprint density at radius 2 is 2.00 bits per heavy atom. The quantitative estimate of drug-likeness (QED) is 0.817. The van der Waals surface area contributed by atoms with E-state index in [9.17, 15) is 0 Å². The fourth-order valence-electron chi connectivity index (χ4n) is 2.12. The molecule has 1 saturated heterocycles. The molecule has 2 rings (SSSR count). The highest BCUT2D eigenvalue weighted by molar-refractivity contribution is 5.30. The number of nitrogens with one attached hydrogen (secondary N) is 1. The first kappa shape index (κ1) is 11.3. The molecule has 0 bridgehead atoms. The van der Waals surface area contributed by atoms with E-state index in [0.29, 0.717) is 6.04 Å². The zero-order valence-electron chi connectivity index (χ0n) is 10.1. The Hall–Kier alpha value is -1.16. The average Bonchev–Trinajstić information content (AvgIpc) is 2.57. The molecule has 0 aliphatic carbocycles. The lowest BCUT2D eigenvalue weighted by Gasteiger charge is -2.26. The fraction of sp³-hybridized carbons (Fsp3) is 0.667. The lowest BCUT2D eigenvalue weighted by atomic mass is 10.1. The molecule has 4 heteroatoms. The summed E-state index contributed by atoms with van der Waals surface area (Å²) in [7, 11) is 2.10. The number of nitrogens with zero attached hydrogens (tertiary/aromatic N) is 3. The Kier molecular flexibility index (Phi) is 3.72. The zero-order chi connectivity index (χ0) is 11.4. The molecule has 0 spiro atoms. The molecule has 88 valence electrons. The fourth-order valence-corrected chi connectivity index (χ4v) is 2.12. The van der Waals surface area contributed by atoms with E-state index < -0.39 is 0 Å². The predicted molar refractivity (Wildman–Crippen MR) is 65.7 cm³/mol. The van der Waals surface area contributed by atoms with Crippen molar-refractivity contribution in [2.45, 2.75) is 32.2 Å². The van der Waals surface area contributed by atoms with Crippen LogP contribution in [0, 0.1) is 6.92 Å². The van der Waals surface area contributed by atoms with Crippen LogP contribution in [0.25, 0.3) is 0 Å². The summed E-state index contributed by atoms with van der Waals surface area (Å²) >= 11 is 0. The first-order valence-corrected chi connectivity index (χ1v) is 5.99. The smallest absolute Gasteiger partial charge is 0.225 e. The van der Waals surface area contributed by atoms with Crippen molar-refractivity contribution in [1.82, 2.24) is 15.3 Å². The van der Waals surface area contributed by atoms with E-state index in [0.717, 1.165) is 24.6 Å². The van der Waals surface area contributed by atoms with E-state index in [1.165, 1.54) is 19.3 Å². The van der Waals surface area contributed by atoms with Crippen LogP contribution in [-0.4, -0.2) is 36.1 Å². The molecule has 1 aromatic rings. The van der Waals surface area contributed by atoms with Gasteiger partial charge in [0.05, 0.1) is 0 Å². The maximum atomic E-state index is 4.38. The van der Waals surface area contributed by atoms with Crippen LogP contribution in [0.1, 0.15) is 24.8 Å². The molecule has 4 nitrogen and oxygen atoms in total. The van der Waals surface area contributed by atoms with E-state index in [4.69, 9.17) is 0 Å². The number of hydrogen-bond donors (Lipinski definition) is 1. The van der Waals surface area contributed by atoms with E-state index in [1.807, 2.05) is 19.3 Å². The van der Waals surface area contributed by atoms with Gasteiger partial charge in [0.25, 0.3) is 0 Å². The van der Waals surface area contributed by atoms with Crippen LogP contribution in [0.5, 0.6) is 0 Å². The summed E-state index contributed by atoms with van der Waals surface area (Å²) < 4.78 is 0. The zero-order valence-corrected chi connectivity index (χ0v) is 10.1. The van der Waals surface area contributed by atoms with Crippen LogP contribution in [-0.2, 0) is 0 Å². The van der Waals surface area contributed by atoms with Gasteiger partial charge in [0.15, 0.2) is 0 Å². The summed E-state index contributed by atoms with van der Waals surface area (Å²) in [6.45, 7) is 4.25. The van der Waals surface area contributed by atoms with Crippen molar-refractivity contribution in [3.63, 3.8) is 0 Å². The third-order valence-corrected chi connectivity index (χ3v) is 3.18. The Morgan fingerprint density at radius 3 is 2.75 bits per heavy atom. The Balaban J connectivity index is 2.04. The summed E-state index contributed by atoms with van der Waals surface area (Å²) in [6, 6.07) is 0.567. The molecule has 0 radical (unpaired) electrons. The standard InChI is InChI=1S/C12H20N4/c1-10-8-14-12(15-9-10)16(2)11-4-3-6-13-7-5-11/h8-9,11,13H,3-7H2,1-2H3. The van der Waals surface area contributed by atoms with Crippen LogP contribution in [0.15, 0.2) is 12.4 Å². The molecule has 1 N–H and O–H groups in total. The Morgan fingerprint density at radius 1 is 1.25 bits per heavy atom. The van der Waals surface area contributed by atoms with Crippen molar-refractivity contribution in [2.24, 2.45) is 0 Å². The van der Waals surface area contributed by atoms with Crippen molar-refractivity contribution in [3.05, 3.63) is 18.0 Å². The molecule has 16 heavy (non-hydrogen) atoms. The van der Waals surface area contributed by atoms with Gasteiger partial charge < -0.3 is 10.2 Å². The lowest BCUT2D eigenvalue weighted by Crippen LogP contribution is -2.33. The van der Waals surface area contributed by atoms with Crippen molar-refractivity contribution in [1.29, 1.82) is 0 Å². The van der Waals surface area contributed by atoms with Crippen LogP contribution in [0.3, 0.4) is 0 Å². The molecule has 0 aromatic carbocycles. The van der Waals surface area contributed by atoms with Crippen LogP contribution < -0.4 is 10.2 Å². The van der Waals surface area contributed by atoms with Crippen LogP contribution >= 0.6 is 0 Å². The van der Waals surface area contributed by atoms with Gasteiger partial charge in [-0.3, -0.25) is 0 Å². The van der Waals surface area contributed by atoms with Gasteiger partial charge >= 0.3 is 0 Å². The van der Waals surface area contributed by atoms with Gasteiger partial charge in [0.1, 0.15) is 0 Å². The largest absolute Gasteiger partial charge is 0.341 e. The number of hydrogen-bond acceptors (Lipinski definition) is 4. The first-order chi connectivity index (χ1) is 7.77. The Bertz CT molecular complexity index is 314. The van der Waals surface area contributed by atoms with Gasteiger partial charge in [-0.1, -0.05) is 0 Å². The molecule has 1 unspecified atom stereocenters. The van der Waals surface area contributed by atoms with E-state index in [2.05, 4.69) is 27.2 Å². The summed E-state index contributed by atoms with van der Waals surface area (Å²) in [4.78, 5) is 11.0.